The van der Waals surface area contributed by atoms with E-state index in [-0.39, 0.29) is 23.0 Å². The van der Waals surface area contributed by atoms with Crippen molar-refractivity contribution in [1.82, 2.24) is 0 Å². The van der Waals surface area contributed by atoms with E-state index in [2.05, 4.69) is 91.8 Å². The average Bonchev–Trinajstić information content (AvgIpc) is 3.07. The van der Waals surface area contributed by atoms with Gasteiger partial charge in [-0.1, -0.05) is 139 Å². The number of rotatable bonds is 13. The Bertz CT molecular complexity index is 1490. The Morgan fingerprint density at radius 2 is 0.944 bits per heavy atom. The minimum atomic E-state index is -0.235. The van der Waals surface area contributed by atoms with Gasteiger partial charge in [-0.15, -0.1) is 0 Å². The normalized spacial score (nSPS) is 23.9. The molecular weight excluding hydrogens is 731 g/mol. The topological polar surface area (TPSA) is 60.7 Å². The second-order valence-corrected chi connectivity index (χ2v) is 19.5. The Morgan fingerprint density at radius 3 is 1.26 bits per heavy atom. The molecule has 6 heteroatoms. The van der Waals surface area contributed by atoms with Crippen LogP contribution in [0.15, 0.2) is 72.8 Å². The fourth-order valence-electron chi connectivity index (χ4n) is 9.98. The SMILES string of the molecule is CC(C)C(O)C(C)C1(c2ccc(Cl)cc2)CCC1.CC(C)CC(C)C1(c2ccc(Cl)cc2)CC(O)C1.CC(CO)CC(C)C1(c2ccc(Cl)cc2)CCC1. The monoisotopic (exact) mass is 798 g/mol. The molecular formula is C48H69Cl3O3. The standard InChI is InChI=1S/3C16H23ClO/c1-11(2)15(18)12(3)16(9-4-10-16)13-5-7-14(17)8-6-13;1-11(2)8-12(3)16(9-15(18)10-16)13-4-6-14(17)7-5-13;1-12(11-18)10-13(2)16(8-3-9-16)14-4-6-15(17)7-5-14/h5-8,11-12,15,18H,4,9-10H2,1-3H3;4-7,11-12,15,18H,8-10H2,1-3H3;4-7,12-13,18H,3,8-11H2,1-2H3. The van der Waals surface area contributed by atoms with Gasteiger partial charge in [0, 0.05) is 32.5 Å². The molecule has 0 spiro atoms. The van der Waals surface area contributed by atoms with Gasteiger partial charge < -0.3 is 15.3 Å². The van der Waals surface area contributed by atoms with E-state index in [1.165, 1.54) is 61.6 Å². The summed E-state index contributed by atoms with van der Waals surface area (Å²) in [5, 5.41) is 31.7. The molecule has 5 unspecified atom stereocenters. The van der Waals surface area contributed by atoms with Crippen molar-refractivity contribution in [2.45, 2.75) is 148 Å². The van der Waals surface area contributed by atoms with Crippen LogP contribution in [-0.4, -0.2) is 34.1 Å². The zero-order valence-corrected chi connectivity index (χ0v) is 36.6. The molecule has 6 rings (SSSR count). The highest BCUT2D eigenvalue weighted by Gasteiger charge is 2.49. The fourth-order valence-corrected chi connectivity index (χ4v) is 10.4. The van der Waals surface area contributed by atoms with Crippen molar-refractivity contribution in [3.63, 3.8) is 0 Å². The number of benzene rings is 3. The van der Waals surface area contributed by atoms with E-state index in [1.54, 1.807) is 0 Å². The molecule has 0 aliphatic heterocycles. The number of hydrogen-bond acceptors (Lipinski definition) is 3. The Kier molecular flexibility index (Phi) is 16.5. The zero-order valence-electron chi connectivity index (χ0n) is 34.3. The Morgan fingerprint density at radius 1 is 0.574 bits per heavy atom. The molecule has 3 aromatic carbocycles. The second kappa shape index (κ2) is 19.7. The summed E-state index contributed by atoms with van der Waals surface area (Å²) in [7, 11) is 0. The van der Waals surface area contributed by atoms with Gasteiger partial charge in [-0.25, -0.2) is 0 Å². The molecule has 0 amide bonds. The van der Waals surface area contributed by atoms with E-state index in [9.17, 15) is 15.3 Å². The molecule has 0 radical (unpaired) electrons. The summed E-state index contributed by atoms with van der Waals surface area (Å²) in [6, 6.07) is 24.7. The van der Waals surface area contributed by atoms with Gasteiger partial charge in [0.15, 0.2) is 0 Å². The summed E-state index contributed by atoms with van der Waals surface area (Å²) < 4.78 is 0. The van der Waals surface area contributed by atoms with Crippen LogP contribution in [0.3, 0.4) is 0 Å². The molecule has 0 bridgehead atoms. The molecule has 3 fully saturated rings. The van der Waals surface area contributed by atoms with Crippen molar-refractivity contribution in [3.05, 3.63) is 105 Å². The van der Waals surface area contributed by atoms with Crippen molar-refractivity contribution < 1.29 is 15.3 Å². The van der Waals surface area contributed by atoms with Gasteiger partial charge >= 0.3 is 0 Å². The van der Waals surface area contributed by atoms with Crippen LogP contribution in [0.25, 0.3) is 0 Å². The first-order valence-corrected chi connectivity index (χ1v) is 21.9. The lowest BCUT2D eigenvalue weighted by Crippen LogP contribution is -2.49. The van der Waals surface area contributed by atoms with E-state index in [1.807, 2.05) is 36.4 Å². The Balaban J connectivity index is 0.000000180. The van der Waals surface area contributed by atoms with Gasteiger partial charge in [0.1, 0.15) is 0 Å². The first-order valence-electron chi connectivity index (χ1n) is 20.7. The minimum Gasteiger partial charge on any atom is -0.396 e. The highest BCUT2D eigenvalue weighted by Crippen LogP contribution is 2.53. The maximum absolute atomic E-state index is 10.4. The molecule has 54 heavy (non-hydrogen) atoms. The highest BCUT2D eigenvalue weighted by atomic mass is 35.5. The molecule has 0 aromatic heterocycles. The van der Waals surface area contributed by atoms with E-state index in [0.717, 1.165) is 34.3 Å². The first-order chi connectivity index (χ1) is 25.5. The van der Waals surface area contributed by atoms with Gasteiger partial charge in [0.25, 0.3) is 0 Å². The molecule has 3 aliphatic rings. The van der Waals surface area contributed by atoms with Crippen LogP contribution in [0.5, 0.6) is 0 Å². The summed E-state index contributed by atoms with van der Waals surface area (Å²) in [6.45, 7) is 18.0. The number of aliphatic hydroxyl groups is 3. The zero-order chi connectivity index (χ0) is 39.8. The summed E-state index contributed by atoms with van der Waals surface area (Å²) in [4.78, 5) is 0. The van der Waals surface area contributed by atoms with E-state index in [0.29, 0.717) is 47.5 Å². The predicted octanol–water partition coefficient (Wildman–Crippen LogP) is 13.2. The maximum atomic E-state index is 10.4. The van der Waals surface area contributed by atoms with E-state index in [4.69, 9.17) is 34.8 Å². The summed E-state index contributed by atoms with van der Waals surface area (Å²) in [5.74, 6) is 2.92. The second-order valence-electron chi connectivity index (χ2n) is 18.2. The van der Waals surface area contributed by atoms with Gasteiger partial charge in [-0.05, 0) is 145 Å². The Labute approximate surface area is 343 Å². The van der Waals surface area contributed by atoms with Crippen LogP contribution in [0, 0.1) is 35.5 Å². The lowest BCUT2D eigenvalue weighted by molar-refractivity contribution is -0.0155. The number of hydrogen-bond donors (Lipinski definition) is 3. The van der Waals surface area contributed by atoms with Gasteiger partial charge in [0.05, 0.1) is 12.2 Å². The van der Waals surface area contributed by atoms with Crippen LogP contribution < -0.4 is 0 Å². The fraction of sp³-hybridized carbons (Fsp3) is 0.625. The lowest BCUT2D eigenvalue weighted by Gasteiger charge is -2.51. The highest BCUT2D eigenvalue weighted by molar-refractivity contribution is 6.31. The van der Waals surface area contributed by atoms with Crippen molar-refractivity contribution in [2.24, 2.45) is 35.5 Å². The molecule has 3 aliphatic carbocycles. The Hall–Kier alpha value is -1.59. The van der Waals surface area contributed by atoms with Gasteiger partial charge in [-0.2, -0.15) is 0 Å². The third kappa shape index (κ3) is 10.5. The maximum Gasteiger partial charge on any atom is 0.0597 e. The molecule has 3 aromatic rings. The van der Waals surface area contributed by atoms with Crippen LogP contribution >= 0.6 is 34.8 Å². The molecule has 3 saturated carbocycles. The van der Waals surface area contributed by atoms with Gasteiger partial charge in [-0.3, -0.25) is 0 Å². The largest absolute Gasteiger partial charge is 0.396 e. The quantitative estimate of drug-likeness (QED) is 0.161. The van der Waals surface area contributed by atoms with Crippen LogP contribution in [0.2, 0.25) is 15.1 Å². The molecule has 5 atom stereocenters. The van der Waals surface area contributed by atoms with E-state index >= 15 is 0 Å². The van der Waals surface area contributed by atoms with Crippen LogP contribution in [0.1, 0.15) is 136 Å². The van der Waals surface area contributed by atoms with Gasteiger partial charge in [0.2, 0.25) is 0 Å². The summed E-state index contributed by atoms with van der Waals surface area (Å²) in [5.41, 5.74) is 4.75. The first kappa shape index (κ1) is 45.1. The van der Waals surface area contributed by atoms with E-state index < -0.39 is 0 Å². The van der Waals surface area contributed by atoms with Crippen LogP contribution in [0.4, 0.5) is 0 Å². The van der Waals surface area contributed by atoms with Crippen molar-refractivity contribution in [2.75, 3.05) is 6.61 Å². The third-order valence-corrected chi connectivity index (χ3v) is 14.6. The smallest absolute Gasteiger partial charge is 0.0597 e. The molecule has 3 N–H and O–H groups in total. The minimum absolute atomic E-state index is 0.129. The lowest BCUT2D eigenvalue weighted by atomic mass is 9.55. The summed E-state index contributed by atoms with van der Waals surface area (Å²) in [6.07, 6.45) is 11.2. The number of aliphatic hydroxyl groups excluding tert-OH is 3. The van der Waals surface area contributed by atoms with Crippen LogP contribution in [-0.2, 0) is 16.2 Å². The molecule has 300 valence electrons. The van der Waals surface area contributed by atoms with Crippen molar-refractivity contribution in [3.8, 4) is 0 Å². The molecule has 3 nitrogen and oxygen atoms in total. The summed E-state index contributed by atoms with van der Waals surface area (Å²) >= 11 is 17.9. The molecule has 0 saturated heterocycles. The van der Waals surface area contributed by atoms with Crippen molar-refractivity contribution in [1.29, 1.82) is 0 Å². The molecule has 0 heterocycles. The number of halogens is 3. The van der Waals surface area contributed by atoms with Crippen molar-refractivity contribution >= 4 is 34.8 Å². The average molecular weight is 800 g/mol. The predicted molar refractivity (Wildman–Crippen MR) is 231 cm³/mol. The third-order valence-electron chi connectivity index (χ3n) is 13.8.